The Kier molecular flexibility index (Phi) is 4.60. The van der Waals surface area contributed by atoms with Crippen LogP contribution in [0.25, 0.3) is 10.9 Å². The molecule has 0 saturated carbocycles. The molecule has 0 radical (unpaired) electrons. The molecule has 138 valence electrons. The summed E-state index contributed by atoms with van der Waals surface area (Å²) in [7, 11) is 1.66. The fourth-order valence-corrected chi connectivity index (χ4v) is 3.61. The molecule has 0 aliphatic carbocycles. The van der Waals surface area contributed by atoms with Gasteiger partial charge < -0.3 is 21.1 Å². The van der Waals surface area contributed by atoms with Crippen molar-refractivity contribution in [3.05, 3.63) is 59.9 Å². The van der Waals surface area contributed by atoms with Gasteiger partial charge in [-0.05, 0) is 29.8 Å². The highest BCUT2D eigenvalue weighted by atomic mass is 16.5. The molecule has 27 heavy (non-hydrogen) atoms. The minimum Gasteiger partial charge on any atom is -0.497 e. The largest absolute Gasteiger partial charge is 0.497 e. The molecule has 1 aromatic heterocycles. The Morgan fingerprint density at radius 1 is 1.19 bits per heavy atom. The third-order valence-electron chi connectivity index (χ3n) is 5.01. The molecule has 1 amide bonds. The van der Waals surface area contributed by atoms with Crippen molar-refractivity contribution >= 4 is 22.6 Å². The molecule has 1 fully saturated rings. The van der Waals surface area contributed by atoms with E-state index in [-0.39, 0.29) is 6.04 Å². The van der Waals surface area contributed by atoms with Crippen molar-refractivity contribution in [2.24, 2.45) is 5.73 Å². The minimum absolute atomic E-state index is 0.161. The van der Waals surface area contributed by atoms with Crippen molar-refractivity contribution in [1.29, 1.82) is 0 Å². The Morgan fingerprint density at radius 3 is 2.74 bits per heavy atom. The summed E-state index contributed by atoms with van der Waals surface area (Å²) in [5.74, 6) is 1.34. The van der Waals surface area contributed by atoms with Crippen LogP contribution in [0.5, 0.6) is 5.75 Å². The van der Waals surface area contributed by atoms with Crippen molar-refractivity contribution in [2.75, 3.05) is 25.5 Å². The zero-order valence-corrected chi connectivity index (χ0v) is 15.0. The van der Waals surface area contributed by atoms with Gasteiger partial charge in [0.25, 0.3) is 5.91 Å². The van der Waals surface area contributed by atoms with Crippen LogP contribution in [0.3, 0.4) is 0 Å². The number of aromatic nitrogens is 2. The Bertz CT molecular complexity index is 974. The number of benzene rings is 2. The van der Waals surface area contributed by atoms with Crippen LogP contribution >= 0.6 is 0 Å². The molecule has 4 N–H and O–H groups in total. The monoisotopic (exact) mass is 363 g/mol. The molecule has 0 spiro atoms. The molecule has 2 atom stereocenters. The molecular formula is C20H21N5O2. The van der Waals surface area contributed by atoms with Crippen LogP contribution < -0.4 is 21.1 Å². The number of para-hydroxylation sites is 1. The van der Waals surface area contributed by atoms with Gasteiger partial charge in [0.15, 0.2) is 0 Å². The first-order valence-corrected chi connectivity index (χ1v) is 8.82. The zero-order valence-electron chi connectivity index (χ0n) is 15.0. The lowest BCUT2D eigenvalue weighted by atomic mass is 9.94. The molecule has 0 bridgehead atoms. The highest BCUT2D eigenvalue weighted by Gasteiger charge is 2.29. The number of nitrogens with zero attached hydrogens (tertiary/aromatic N) is 2. The van der Waals surface area contributed by atoms with Gasteiger partial charge in [-0.15, -0.1) is 0 Å². The number of anilines is 1. The van der Waals surface area contributed by atoms with Crippen molar-refractivity contribution < 1.29 is 9.53 Å². The molecule has 1 aliphatic rings. The second-order valence-electron chi connectivity index (χ2n) is 6.58. The van der Waals surface area contributed by atoms with Crippen LogP contribution in [-0.2, 0) is 0 Å². The molecule has 2 heterocycles. The Hall–Kier alpha value is -3.19. The molecular weight excluding hydrogens is 342 g/mol. The number of nitrogens with two attached hydrogens (primary N) is 1. The Labute approximate surface area is 157 Å². The smallest absolute Gasteiger partial charge is 0.250 e. The second-order valence-corrected chi connectivity index (χ2v) is 6.58. The standard InChI is InChI=1S/C20H21N5O2/c1-27-13-7-5-12(6-8-13)16-9-22-10-17(16)25-20-15-4-2-3-14(19(21)26)18(15)23-11-24-20/h2-8,11,16-17,22H,9-10H2,1H3,(H2,21,26)(H,23,24,25). The van der Waals surface area contributed by atoms with Gasteiger partial charge in [0.1, 0.15) is 17.9 Å². The number of fused-ring (bicyclic) bond motifs is 1. The van der Waals surface area contributed by atoms with Crippen molar-refractivity contribution in [3.8, 4) is 5.75 Å². The predicted octanol–water partition coefficient (Wildman–Crippen LogP) is 1.90. The molecule has 2 aromatic carbocycles. The van der Waals surface area contributed by atoms with E-state index in [1.807, 2.05) is 18.2 Å². The van der Waals surface area contributed by atoms with Crippen LogP contribution in [-0.4, -0.2) is 42.1 Å². The van der Waals surface area contributed by atoms with Crippen molar-refractivity contribution in [3.63, 3.8) is 0 Å². The summed E-state index contributed by atoms with van der Waals surface area (Å²) in [6.45, 7) is 1.69. The van der Waals surface area contributed by atoms with E-state index in [9.17, 15) is 4.79 Å². The third kappa shape index (κ3) is 3.29. The number of amides is 1. The number of hydrogen-bond acceptors (Lipinski definition) is 6. The molecule has 2 unspecified atom stereocenters. The van der Waals surface area contributed by atoms with E-state index in [2.05, 4.69) is 32.7 Å². The van der Waals surface area contributed by atoms with Gasteiger partial charge in [-0.3, -0.25) is 4.79 Å². The van der Waals surface area contributed by atoms with Crippen molar-refractivity contribution in [1.82, 2.24) is 15.3 Å². The van der Waals surface area contributed by atoms with E-state index in [4.69, 9.17) is 10.5 Å². The summed E-state index contributed by atoms with van der Waals surface area (Å²) >= 11 is 0. The fraction of sp³-hybridized carbons (Fsp3) is 0.250. The third-order valence-corrected chi connectivity index (χ3v) is 5.01. The molecule has 7 nitrogen and oxygen atoms in total. The van der Waals surface area contributed by atoms with Gasteiger partial charge in [0.2, 0.25) is 0 Å². The SMILES string of the molecule is COc1ccc(C2CNCC2Nc2ncnc3c(C(N)=O)cccc23)cc1. The summed E-state index contributed by atoms with van der Waals surface area (Å²) in [4.78, 5) is 20.3. The number of rotatable bonds is 5. The second kappa shape index (κ2) is 7.20. The first-order valence-electron chi connectivity index (χ1n) is 8.82. The van der Waals surface area contributed by atoms with E-state index in [1.54, 1.807) is 19.2 Å². The highest BCUT2D eigenvalue weighted by molar-refractivity contribution is 6.06. The van der Waals surface area contributed by atoms with E-state index >= 15 is 0 Å². The van der Waals surface area contributed by atoms with Crippen LogP contribution in [0.4, 0.5) is 5.82 Å². The topological polar surface area (TPSA) is 102 Å². The minimum atomic E-state index is -0.496. The van der Waals surface area contributed by atoms with Gasteiger partial charge in [-0.1, -0.05) is 18.2 Å². The summed E-state index contributed by atoms with van der Waals surface area (Å²) < 4.78 is 5.25. The Morgan fingerprint density at radius 2 is 2.00 bits per heavy atom. The van der Waals surface area contributed by atoms with Gasteiger partial charge >= 0.3 is 0 Å². The van der Waals surface area contributed by atoms with E-state index in [0.717, 1.165) is 24.2 Å². The van der Waals surface area contributed by atoms with Gasteiger partial charge in [0.05, 0.1) is 18.2 Å². The lowest BCUT2D eigenvalue weighted by molar-refractivity contribution is 0.100. The van der Waals surface area contributed by atoms with E-state index in [1.165, 1.54) is 11.9 Å². The lowest BCUT2D eigenvalue weighted by Crippen LogP contribution is -2.27. The lowest BCUT2D eigenvalue weighted by Gasteiger charge is -2.22. The highest BCUT2D eigenvalue weighted by Crippen LogP contribution is 2.29. The maximum absolute atomic E-state index is 11.7. The maximum atomic E-state index is 11.7. The first-order chi connectivity index (χ1) is 13.2. The molecule has 4 rings (SSSR count). The van der Waals surface area contributed by atoms with Gasteiger partial charge in [-0.25, -0.2) is 9.97 Å². The summed E-state index contributed by atoms with van der Waals surface area (Å²) in [5.41, 5.74) is 7.67. The fourth-order valence-electron chi connectivity index (χ4n) is 3.61. The average molecular weight is 363 g/mol. The van der Waals surface area contributed by atoms with E-state index < -0.39 is 5.91 Å². The van der Waals surface area contributed by atoms with E-state index in [0.29, 0.717) is 22.8 Å². The number of nitrogens with one attached hydrogen (secondary N) is 2. The molecule has 1 saturated heterocycles. The van der Waals surface area contributed by atoms with Gasteiger partial charge in [-0.2, -0.15) is 0 Å². The predicted molar refractivity (Wildman–Crippen MR) is 104 cm³/mol. The normalized spacial score (nSPS) is 19.1. The summed E-state index contributed by atoms with van der Waals surface area (Å²) in [6, 6.07) is 13.7. The maximum Gasteiger partial charge on any atom is 0.250 e. The van der Waals surface area contributed by atoms with Crippen LogP contribution in [0.2, 0.25) is 0 Å². The number of carbonyl (C=O) groups is 1. The first kappa shape index (κ1) is 17.2. The zero-order chi connectivity index (χ0) is 18.8. The molecule has 7 heteroatoms. The number of primary amides is 1. The number of hydrogen-bond donors (Lipinski definition) is 3. The van der Waals surface area contributed by atoms with Crippen LogP contribution in [0, 0.1) is 0 Å². The number of ether oxygens (including phenoxy) is 1. The van der Waals surface area contributed by atoms with Crippen molar-refractivity contribution in [2.45, 2.75) is 12.0 Å². The number of carbonyl (C=O) groups excluding carboxylic acids is 1. The van der Waals surface area contributed by atoms with Gasteiger partial charge in [0, 0.05) is 30.4 Å². The average Bonchev–Trinajstić information content (AvgIpc) is 3.16. The van der Waals surface area contributed by atoms with Crippen LogP contribution in [0.1, 0.15) is 21.8 Å². The quantitative estimate of drug-likeness (QED) is 0.640. The molecule has 1 aliphatic heterocycles. The number of methoxy groups -OCH3 is 1. The summed E-state index contributed by atoms with van der Waals surface area (Å²) in [6.07, 6.45) is 1.46. The molecule has 3 aromatic rings. The summed E-state index contributed by atoms with van der Waals surface area (Å²) in [5, 5.41) is 7.75. The van der Waals surface area contributed by atoms with Crippen LogP contribution in [0.15, 0.2) is 48.8 Å². The Balaban J connectivity index is 1.64.